The maximum atomic E-state index is 10.4. The van der Waals surface area contributed by atoms with Crippen LogP contribution in [0.3, 0.4) is 0 Å². The molecule has 0 bridgehead atoms. The van der Waals surface area contributed by atoms with Crippen LogP contribution >= 0.6 is 0 Å². The van der Waals surface area contributed by atoms with E-state index in [-0.39, 0.29) is 6.10 Å². The quantitative estimate of drug-likeness (QED) is 0.894. The van der Waals surface area contributed by atoms with Gasteiger partial charge < -0.3 is 9.84 Å². The van der Waals surface area contributed by atoms with Gasteiger partial charge in [0.1, 0.15) is 18.3 Å². The van der Waals surface area contributed by atoms with E-state index >= 15 is 0 Å². The Balaban J connectivity index is 1.81. The number of aliphatic hydroxyl groups is 1. The van der Waals surface area contributed by atoms with E-state index in [1.807, 2.05) is 25.2 Å². The lowest BCUT2D eigenvalue weighted by molar-refractivity contribution is -0.0470. The molecule has 2 atom stereocenters. The van der Waals surface area contributed by atoms with E-state index < -0.39 is 6.10 Å². The molecule has 0 amide bonds. The van der Waals surface area contributed by atoms with Gasteiger partial charge in [-0.05, 0) is 17.5 Å². The molecular weight excluding hydrogens is 242 g/mol. The molecule has 0 aliphatic carbocycles. The number of aromatic nitrogens is 3. The van der Waals surface area contributed by atoms with E-state index in [0.717, 1.165) is 17.8 Å². The average molecular weight is 259 g/mol. The van der Waals surface area contributed by atoms with Gasteiger partial charge in [0.15, 0.2) is 0 Å². The molecule has 3 rings (SSSR count). The standard InChI is InChI=1S/C14H17N3O2/c1-17-13(15-9-16-17)8-12(18)14-11-5-3-2-4-10(11)6-7-19-14/h2-5,9,12,14,18H,6-8H2,1H3. The molecular formula is C14H17N3O2. The first-order valence-electron chi connectivity index (χ1n) is 6.46. The molecule has 100 valence electrons. The smallest absolute Gasteiger partial charge is 0.138 e. The van der Waals surface area contributed by atoms with Crippen molar-refractivity contribution in [3.05, 3.63) is 47.5 Å². The molecule has 5 heteroatoms. The zero-order valence-corrected chi connectivity index (χ0v) is 10.9. The first kappa shape index (κ1) is 12.3. The summed E-state index contributed by atoms with van der Waals surface area (Å²) < 4.78 is 7.43. The Bertz CT molecular complexity index is 567. The van der Waals surface area contributed by atoms with E-state index in [1.54, 1.807) is 4.68 Å². The van der Waals surface area contributed by atoms with Gasteiger partial charge in [0.05, 0.1) is 12.7 Å². The fourth-order valence-corrected chi connectivity index (χ4v) is 2.54. The predicted molar refractivity (Wildman–Crippen MR) is 69.6 cm³/mol. The molecule has 1 N–H and O–H groups in total. The Morgan fingerprint density at radius 2 is 2.32 bits per heavy atom. The normalized spacial score (nSPS) is 20.0. The predicted octanol–water partition coefficient (Wildman–Crippen LogP) is 1.03. The summed E-state index contributed by atoms with van der Waals surface area (Å²) in [7, 11) is 1.82. The van der Waals surface area contributed by atoms with Crippen LogP contribution in [-0.4, -0.2) is 32.6 Å². The molecule has 1 aromatic heterocycles. The summed E-state index contributed by atoms with van der Waals surface area (Å²) in [5.41, 5.74) is 2.35. The molecule has 0 radical (unpaired) electrons. The van der Waals surface area contributed by atoms with Crippen molar-refractivity contribution in [2.24, 2.45) is 7.05 Å². The summed E-state index contributed by atoms with van der Waals surface area (Å²) in [5.74, 6) is 0.763. The molecule has 1 aromatic carbocycles. The molecule has 2 unspecified atom stereocenters. The summed E-state index contributed by atoms with van der Waals surface area (Å²) in [5, 5.41) is 14.4. The summed E-state index contributed by atoms with van der Waals surface area (Å²) >= 11 is 0. The van der Waals surface area contributed by atoms with Crippen LogP contribution in [0, 0.1) is 0 Å². The van der Waals surface area contributed by atoms with Gasteiger partial charge in [-0.25, -0.2) is 4.98 Å². The molecule has 1 aliphatic rings. The van der Waals surface area contributed by atoms with Gasteiger partial charge in [-0.15, -0.1) is 0 Å². The fraction of sp³-hybridized carbons (Fsp3) is 0.429. The van der Waals surface area contributed by atoms with E-state index in [2.05, 4.69) is 16.1 Å². The van der Waals surface area contributed by atoms with Crippen molar-refractivity contribution >= 4 is 0 Å². The zero-order valence-electron chi connectivity index (χ0n) is 10.9. The largest absolute Gasteiger partial charge is 0.390 e. The molecule has 5 nitrogen and oxygen atoms in total. The van der Waals surface area contributed by atoms with Gasteiger partial charge in [-0.2, -0.15) is 5.10 Å². The van der Waals surface area contributed by atoms with E-state index in [1.165, 1.54) is 11.9 Å². The van der Waals surface area contributed by atoms with Gasteiger partial charge in [-0.1, -0.05) is 24.3 Å². The van der Waals surface area contributed by atoms with Crippen LogP contribution in [-0.2, 0) is 24.6 Å². The summed E-state index contributed by atoms with van der Waals surface area (Å²) in [4.78, 5) is 4.14. The van der Waals surface area contributed by atoms with E-state index in [4.69, 9.17) is 4.74 Å². The van der Waals surface area contributed by atoms with Gasteiger partial charge >= 0.3 is 0 Å². The Hall–Kier alpha value is -1.72. The third kappa shape index (κ3) is 2.39. The topological polar surface area (TPSA) is 60.2 Å². The van der Waals surface area contributed by atoms with Crippen molar-refractivity contribution in [1.82, 2.24) is 14.8 Å². The summed E-state index contributed by atoms with van der Waals surface area (Å²) in [6.07, 6.45) is 1.96. The van der Waals surface area contributed by atoms with Crippen LogP contribution in [0.4, 0.5) is 0 Å². The van der Waals surface area contributed by atoms with Crippen molar-refractivity contribution in [1.29, 1.82) is 0 Å². The number of hydrogen-bond acceptors (Lipinski definition) is 4. The number of hydrogen-bond donors (Lipinski definition) is 1. The second-order valence-electron chi connectivity index (χ2n) is 4.81. The molecule has 0 saturated heterocycles. The van der Waals surface area contributed by atoms with Crippen molar-refractivity contribution in [3.8, 4) is 0 Å². The van der Waals surface area contributed by atoms with Crippen LogP contribution in [0.25, 0.3) is 0 Å². The van der Waals surface area contributed by atoms with Crippen LogP contribution in [0.15, 0.2) is 30.6 Å². The number of aliphatic hydroxyl groups excluding tert-OH is 1. The fourth-order valence-electron chi connectivity index (χ4n) is 2.54. The highest BCUT2D eigenvalue weighted by molar-refractivity contribution is 5.31. The van der Waals surface area contributed by atoms with Crippen molar-refractivity contribution in [3.63, 3.8) is 0 Å². The van der Waals surface area contributed by atoms with Crippen LogP contribution in [0.2, 0.25) is 0 Å². The first-order chi connectivity index (χ1) is 9.25. The molecule has 0 saturated carbocycles. The summed E-state index contributed by atoms with van der Waals surface area (Å²) in [6.45, 7) is 0.650. The van der Waals surface area contributed by atoms with Crippen molar-refractivity contribution in [2.75, 3.05) is 6.61 Å². The third-order valence-corrected chi connectivity index (χ3v) is 3.58. The molecule has 0 spiro atoms. The Morgan fingerprint density at radius 3 is 3.11 bits per heavy atom. The number of nitrogens with zero attached hydrogens (tertiary/aromatic N) is 3. The Morgan fingerprint density at radius 1 is 1.47 bits per heavy atom. The zero-order chi connectivity index (χ0) is 13.2. The highest BCUT2D eigenvalue weighted by atomic mass is 16.5. The van der Waals surface area contributed by atoms with Gasteiger partial charge in [0, 0.05) is 13.5 Å². The lowest BCUT2D eigenvalue weighted by Gasteiger charge is -2.29. The monoisotopic (exact) mass is 259 g/mol. The lowest BCUT2D eigenvalue weighted by atomic mass is 9.93. The maximum Gasteiger partial charge on any atom is 0.138 e. The maximum absolute atomic E-state index is 10.4. The van der Waals surface area contributed by atoms with Crippen LogP contribution < -0.4 is 0 Å². The molecule has 19 heavy (non-hydrogen) atoms. The average Bonchev–Trinajstić information content (AvgIpc) is 2.83. The number of rotatable bonds is 3. The first-order valence-corrected chi connectivity index (χ1v) is 6.46. The lowest BCUT2D eigenvalue weighted by Crippen LogP contribution is -2.29. The van der Waals surface area contributed by atoms with Crippen molar-refractivity contribution in [2.45, 2.75) is 25.0 Å². The minimum Gasteiger partial charge on any atom is -0.390 e. The molecule has 1 aliphatic heterocycles. The minimum absolute atomic E-state index is 0.276. The Labute approximate surface area is 111 Å². The summed E-state index contributed by atoms with van der Waals surface area (Å²) in [6, 6.07) is 8.13. The van der Waals surface area contributed by atoms with Gasteiger partial charge in [0.2, 0.25) is 0 Å². The van der Waals surface area contributed by atoms with E-state index in [0.29, 0.717) is 13.0 Å². The third-order valence-electron chi connectivity index (χ3n) is 3.58. The van der Waals surface area contributed by atoms with Crippen LogP contribution in [0.1, 0.15) is 23.1 Å². The Kier molecular flexibility index (Phi) is 3.31. The number of ether oxygens (including phenoxy) is 1. The molecule has 0 fully saturated rings. The van der Waals surface area contributed by atoms with Crippen molar-refractivity contribution < 1.29 is 9.84 Å². The van der Waals surface area contributed by atoms with Gasteiger partial charge in [0.25, 0.3) is 0 Å². The molecule has 2 heterocycles. The number of benzene rings is 1. The number of fused-ring (bicyclic) bond motifs is 1. The van der Waals surface area contributed by atoms with Gasteiger partial charge in [-0.3, -0.25) is 4.68 Å². The van der Waals surface area contributed by atoms with Crippen LogP contribution in [0.5, 0.6) is 0 Å². The minimum atomic E-state index is -0.607. The second-order valence-corrected chi connectivity index (χ2v) is 4.81. The van der Waals surface area contributed by atoms with E-state index in [9.17, 15) is 5.11 Å². The molecule has 2 aromatic rings. The number of aryl methyl sites for hydroxylation is 1. The SMILES string of the molecule is Cn1ncnc1CC(O)C1OCCc2ccccc21. The second kappa shape index (κ2) is 5.11. The highest BCUT2D eigenvalue weighted by Gasteiger charge is 2.28. The highest BCUT2D eigenvalue weighted by Crippen LogP contribution is 2.30.